The molecule has 2 aromatic rings. The summed E-state index contributed by atoms with van der Waals surface area (Å²) in [5.41, 5.74) is 2.12. The largest absolute Gasteiger partial charge is 0.373 e. The molecule has 3 atom stereocenters. The summed E-state index contributed by atoms with van der Waals surface area (Å²) in [7, 11) is 0. The Morgan fingerprint density at radius 1 is 1.30 bits per heavy atom. The predicted octanol–water partition coefficient (Wildman–Crippen LogP) is 3.08. The Balaban J connectivity index is 1.58. The first-order chi connectivity index (χ1) is 11.3. The minimum Gasteiger partial charge on any atom is -0.373 e. The fraction of sp³-hybridized carbons (Fsp3) is 0.368. The van der Waals surface area contributed by atoms with Crippen LogP contribution in [0, 0.1) is 5.92 Å². The highest BCUT2D eigenvalue weighted by molar-refractivity contribution is 5.83. The van der Waals surface area contributed by atoms with E-state index in [0.717, 1.165) is 18.6 Å². The van der Waals surface area contributed by atoms with Gasteiger partial charge in [0.25, 0.3) is 0 Å². The van der Waals surface area contributed by atoms with Crippen molar-refractivity contribution in [3.05, 3.63) is 66.0 Å². The highest BCUT2D eigenvalue weighted by Crippen LogP contribution is 2.34. The van der Waals surface area contributed by atoms with E-state index in [1.807, 2.05) is 37.3 Å². The molecule has 0 aliphatic carbocycles. The van der Waals surface area contributed by atoms with Gasteiger partial charge in [0, 0.05) is 31.5 Å². The molecule has 1 fully saturated rings. The summed E-state index contributed by atoms with van der Waals surface area (Å²) < 4.78 is 5.87. The first-order valence-electron chi connectivity index (χ1n) is 8.10. The summed E-state index contributed by atoms with van der Waals surface area (Å²) in [6.45, 7) is 3.30. The van der Waals surface area contributed by atoms with Crippen molar-refractivity contribution < 1.29 is 9.53 Å². The van der Waals surface area contributed by atoms with Crippen molar-refractivity contribution in [2.24, 2.45) is 5.92 Å². The third-order valence-electron chi connectivity index (χ3n) is 4.46. The van der Waals surface area contributed by atoms with Crippen molar-refractivity contribution in [3.63, 3.8) is 0 Å². The van der Waals surface area contributed by atoms with Gasteiger partial charge in [-0.3, -0.25) is 9.78 Å². The smallest absolute Gasteiger partial charge is 0.227 e. The van der Waals surface area contributed by atoms with E-state index in [2.05, 4.69) is 22.4 Å². The molecule has 1 aromatic carbocycles. The molecule has 0 bridgehead atoms. The lowest BCUT2D eigenvalue weighted by Crippen LogP contribution is -2.33. The Bertz CT molecular complexity index is 630. The number of aromatic nitrogens is 1. The van der Waals surface area contributed by atoms with Gasteiger partial charge in [-0.15, -0.1) is 0 Å². The number of amides is 1. The van der Waals surface area contributed by atoms with Gasteiger partial charge in [0.05, 0.1) is 12.0 Å². The fourth-order valence-electron chi connectivity index (χ4n) is 3.02. The Hall–Kier alpha value is -2.20. The van der Waals surface area contributed by atoms with Crippen molar-refractivity contribution in [1.29, 1.82) is 0 Å². The number of nitrogens with one attached hydrogen (secondary N) is 1. The van der Waals surface area contributed by atoms with Gasteiger partial charge in [-0.05, 0) is 30.5 Å². The van der Waals surface area contributed by atoms with E-state index >= 15 is 0 Å². The van der Waals surface area contributed by atoms with E-state index < -0.39 is 0 Å². The maximum absolute atomic E-state index is 12.4. The molecular weight excluding hydrogens is 288 g/mol. The molecule has 1 aromatic heterocycles. The Morgan fingerprint density at radius 3 is 2.87 bits per heavy atom. The zero-order valence-electron chi connectivity index (χ0n) is 13.3. The average Bonchev–Trinajstić information content (AvgIpc) is 3.09. The van der Waals surface area contributed by atoms with Gasteiger partial charge in [-0.1, -0.05) is 36.4 Å². The second-order valence-corrected chi connectivity index (χ2v) is 6.00. The number of pyridine rings is 1. The molecule has 0 unspecified atom stereocenters. The maximum Gasteiger partial charge on any atom is 0.227 e. The minimum atomic E-state index is -0.193. The van der Waals surface area contributed by atoms with Crippen LogP contribution in [0.4, 0.5) is 0 Å². The molecule has 4 nitrogen and oxygen atoms in total. The van der Waals surface area contributed by atoms with Crippen LogP contribution in [0.25, 0.3) is 0 Å². The van der Waals surface area contributed by atoms with Crippen molar-refractivity contribution in [1.82, 2.24) is 10.3 Å². The molecular formula is C19H22N2O2. The summed E-state index contributed by atoms with van der Waals surface area (Å²) in [5, 5.41) is 3.08. The molecule has 2 heterocycles. The molecule has 0 spiro atoms. The van der Waals surface area contributed by atoms with Gasteiger partial charge in [0.15, 0.2) is 0 Å². The van der Waals surface area contributed by atoms with Crippen LogP contribution >= 0.6 is 0 Å². The zero-order chi connectivity index (χ0) is 16.1. The molecule has 0 saturated carbocycles. The number of carbonyl (C=O) groups excluding carboxylic acids is 1. The number of carbonyl (C=O) groups is 1. The summed E-state index contributed by atoms with van der Waals surface area (Å²) in [6, 6.07) is 14.0. The van der Waals surface area contributed by atoms with Crippen molar-refractivity contribution in [2.75, 3.05) is 13.2 Å². The molecule has 0 radical (unpaired) electrons. The monoisotopic (exact) mass is 310 g/mol. The third kappa shape index (κ3) is 3.77. The molecule has 1 saturated heterocycles. The first kappa shape index (κ1) is 15.7. The van der Waals surface area contributed by atoms with Gasteiger partial charge in [0.2, 0.25) is 5.91 Å². The van der Waals surface area contributed by atoms with E-state index in [9.17, 15) is 4.79 Å². The van der Waals surface area contributed by atoms with Crippen LogP contribution in [0.2, 0.25) is 0 Å². The number of hydrogen-bond donors (Lipinski definition) is 1. The van der Waals surface area contributed by atoms with Gasteiger partial charge in [-0.25, -0.2) is 0 Å². The molecule has 23 heavy (non-hydrogen) atoms. The van der Waals surface area contributed by atoms with E-state index in [4.69, 9.17) is 4.74 Å². The lowest BCUT2D eigenvalue weighted by molar-refractivity contribution is -0.122. The Labute approximate surface area is 136 Å². The summed E-state index contributed by atoms with van der Waals surface area (Å²) >= 11 is 0. The molecule has 1 aliphatic rings. The zero-order valence-corrected chi connectivity index (χ0v) is 13.3. The van der Waals surface area contributed by atoms with Crippen LogP contribution in [0.3, 0.4) is 0 Å². The van der Waals surface area contributed by atoms with Crippen LogP contribution in [0.15, 0.2) is 54.9 Å². The normalized spacial score (nSPS) is 21.8. The van der Waals surface area contributed by atoms with E-state index in [1.54, 1.807) is 12.4 Å². The van der Waals surface area contributed by atoms with E-state index in [-0.39, 0.29) is 17.9 Å². The molecule has 1 amide bonds. The van der Waals surface area contributed by atoms with Gasteiger partial charge in [0.1, 0.15) is 0 Å². The number of hydrogen-bond acceptors (Lipinski definition) is 3. The van der Waals surface area contributed by atoms with E-state index in [0.29, 0.717) is 12.5 Å². The Morgan fingerprint density at radius 2 is 2.13 bits per heavy atom. The molecule has 120 valence electrons. The van der Waals surface area contributed by atoms with E-state index in [1.165, 1.54) is 5.56 Å². The highest BCUT2D eigenvalue weighted by atomic mass is 16.5. The average molecular weight is 310 g/mol. The van der Waals surface area contributed by atoms with Crippen molar-refractivity contribution in [2.45, 2.75) is 25.4 Å². The quantitative estimate of drug-likeness (QED) is 0.923. The standard InChI is InChI=1S/C19H22N2O2/c1-14(16-8-5-10-20-12-16)19(22)21-13-17-9-11-23-18(17)15-6-3-2-4-7-15/h2-8,10,12,14,17-18H,9,11,13H2,1H3,(H,21,22)/t14-,17+,18+/m0/s1. The second-order valence-electron chi connectivity index (χ2n) is 6.00. The fourth-order valence-corrected chi connectivity index (χ4v) is 3.02. The van der Waals surface area contributed by atoms with Crippen LogP contribution in [0.1, 0.15) is 36.5 Å². The molecule has 3 rings (SSSR count). The summed E-state index contributed by atoms with van der Waals surface area (Å²) in [4.78, 5) is 16.4. The number of nitrogens with zero attached hydrogens (tertiary/aromatic N) is 1. The second kappa shape index (κ2) is 7.38. The van der Waals surface area contributed by atoms with Gasteiger partial charge < -0.3 is 10.1 Å². The van der Waals surface area contributed by atoms with Crippen LogP contribution in [-0.2, 0) is 9.53 Å². The lowest BCUT2D eigenvalue weighted by atomic mass is 9.95. The van der Waals surface area contributed by atoms with Crippen molar-refractivity contribution in [3.8, 4) is 0 Å². The first-order valence-corrected chi connectivity index (χ1v) is 8.10. The predicted molar refractivity (Wildman–Crippen MR) is 88.9 cm³/mol. The maximum atomic E-state index is 12.4. The summed E-state index contributed by atoms with van der Waals surface area (Å²) in [5.74, 6) is 0.167. The highest BCUT2D eigenvalue weighted by Gasteiger charge is 2.30. The SMILES string of the molecule is C[C@H](C(=O)NC[C@H]1CCO[C@@H]1c1ccccc1)c1cccnc1. The Kier molecular flexibility index (Phi) is 5.03. The molecule has 4 heteroatoms. The number of benzene rings is 1. The number of rotatable bonds is 5. The van der Waals surface area contributed by atoms with Crippen LogP contribution in [0.5, 0.6) is 0 Å². The third-order valence-corrected chi connectivity index (χ3v) is 4.46. The minimum absolute atomic E-state index is 0.0386. The number of ether oxygens (including phenoxy) is 1. The van der Waals surface area contributed by atoms with Crippen LogP contribution < -0.4 is 5.32 Å². The van der Waals surface area contributed by atoms with Gasteiger partial charge in [-0.2, -0.15) is 0 Å². The lowest BCUT2D eigenvalue weighted by Gasteiger charge is -2.20. The van der Waals surface area contributed by atoms with Crippen LogP contribution in [-0.4, -0.2) is 24.0 Å². The molecule has 1 aliphatic heterocycles. The van der Waals surface area contributed by atoms with Gasteiger partial charge >= 0.3 is 0 Å². The van der Waals surface area contributed by atoms with Crippen molar-refractivity contribution >= 4 is 5.91 Å². The molecule has 1 N–H and O–H groups in total. The summed E-state index contributed by atoms with van der Waals surface area (Å²) in [6.07, 6.45) is 4.51. The topological polar surface area (TPSA) is 51.2 Å².